The van der Waals surface area contributed by atoms with Crippen LogP contribution in [0.15, 0.2) is 36.0 Å². The zero-order chi connectivity index (χ0) is 16.1. The van der Waals surface area contributed by atoms with E-state index in [1.165, 1.54) is 25.0 Å². The molecule has 0 radical (unpaired) electrons. The fraction of sp³-hybridized carbons (Fsp3) is 0.312. The van der Waals surface area contributed by atoms with Crippen molar-refractivity contribution in [2.75, 3.05) is 19.0 Å². The number of benzene rings is 1. The summed E-state index contributed by atoms with van der Waals surface area (Å²) in [6.45, 7) is 1.63. The minimum atomic E-state index is -0.301. The molecule has 116 valence electrons. The summed E-state index contributed by atoms with van der Waals surface area (Å²) in [6, 6.07) is 7.55. The third-order valence-electron chi connectivity index (χ3n) is 3.38. The first-order valence-corrected chi connectivity index (χ1v) is 6.95. The molecule has 0 saturated carbocycles. The van der Waals surface area contributed by atoms with Crippen molar-refractivity contribution in [2.24, 2.45) is 0 Å². The van der Waals surface area contributed by atoms with Crippen molar-refractivity contribution >= 4 is 23.5 Å². The van der Waals surface area contributed by atoms with Gasteiger partial charge in [0.15, 0.2) is 0 Å². The van der Waals surface area contributed by atoms with Gasteiger partial charge in [-0.25, -0.2) is 0 Å². The molecule has 0 bridgehead atoms. The molecule has 0 fully saturated rings. The highest BCUT2D eigenvalue weighted by molar-refractivity contribution is 6.03. The van der Waals surface area contributed by atoms with E-state index >= 15 is 0 Å². The van der Waals surface area contributed by atoms with Crippen LogP contribution in [-0.4, -0.2) is 36.3 Å². The Morgan fingerprint density at radius 2 is 1.95 bits per heavy atom. The summed E-state index contributed by atoms with van der Waals surface area (Å²) in [6.07, 6.45) is 2.38. The lowest BCUT2D eigenvalue weighted by atomic mass is 10.1. The van der Waals surface area contributed by atoms with Gasteiger partial charge in [-0.1, -0.05) is 12.1 Å². The molecule has 1 aliphatic rings. The van der Waals surface area contributed by atoms with E-state index in [4.69, 9.17) is 0 Å². The molecule has 2 amide bonds. The zero-order valence-corrected chi connectivity index (χ0v) is 12.6. The molecule has 1 aliphatic heterocycles. The smallest absolute Gasteiger partial charge is 0.305 e. The Labute approximate surface area is 128 Å². The predicted molar refractivity (Wildman–Crippen MR) is 80.9 cm³/mol. The lowest BCUT2D eigenvalue weighted by Crippen LogP contribution is -2.31. The Bertz CT molecular complexity index is 620. The summed E-state index contributed by atoms with van der Waals surface area (Å²) in [4.78, 5) is 35.1. The number of rotatable bonds is 5. The SMILES string of the molecule is COC(=O)CCc1ccc(NC2=CC(=O)N(C(C)=O)C2)cc1. The third kappa shape index (κ3) is 3.94. The van der Waals surface area contributed by atoms with Crippen LogP contribution in [0.1, 0.15) is 18.9 Å². The van der Waals surface area contributed by atoms with Crippen molar-refractivity contribution in [1.29, 1.82) is 0 Å². The first kappa shape index (κ1) is 15.8. The Hall–Kier alpha value is -2.63. The highest BCUT2D eigenvalue weighted by atomic mass is 16.5. The van der Waals surface area contributed by atoms with E-state index in [-0.39, 0.29) is 24.3 Å². The number of nitrogens with one attached hydrogen (secondary N) is 1. The highest BCUT2D eigenvalue weighted by Gasteiger charge is 2.24. The van der Waals surface area contributed by atoms with Gasteiger partial charge in [-0.05, 0) is 24.1 Å². The van der Waals surface area contributed by atoms with Crippen molar-refractivity contribution in [1.82, 2.24) is 4.90 Å². The van der Waals surface area contributed by atoms with Gasteiger partial charge in [0, 0.05) is 30.8 Å². The molecule has 1 N–H and O–H groups in total. The van der Waals surface area contributed by atoms with Crippen LogP contribution in [0.5, 0.6) is 0 Å². The Kier molecular flexibility index (Phi) is 4.93. The first-order valence-electron chi connectivity index (χ1n) is 6.95. The Morgan fingerprint density at radius 3 is 2.50 bits per heavy atom. The second-order valence-corrected chi connectivity index (χ2v) is 5.01. The van der Waals surface area contributed by atoms with Gasteiger partial charge in [0.2, 0.25) is 5.91 Å². The number of imide groups is 1. The highest BCUT2D eigenvalue weighted by Crippen LogP contribution is 2.17. The number of aryl methyl sites for hydroxylation is 1. The molecule has 6 nitrogen and oxygen atoms in total. The predicted octanol–water partition coefficient (Wildman–Crippen LogP) is 1.48. The fourth-order valence-electron chi connectivity index (χ4n) is 2.15. The first-order chi connectivity index (χ1) is 10.5. The quantitative estimate of drug-likeness (QED) is 0.834. The lowest BCUT2D eigenvalue weighted by Gasteiger charge is -2.12. The number of nitrogens with zero attached hydrogens (tertiary/aromatic N) is 1. The van der Waals surface area contributed by atoms with Crippen molar-refractivity contribution < 1.29 is 19.1 Å². The van der Waals surface area contributed by atoms with Crippen LogP contribution in [0, 0.1) is 0 Å². The second-order valence-electron chi connectivity index (χ2n) is 5.01. The zero-order valence-electron chi connectivity index (χ0n) is 12.6. The van der Waals surface area contributed by atoms with Crippen LogP contribution in [0.2, 0.25) is 0 Å². The average Bonchev–Trinajstić information content (AvgIpc) is 2.87. The Balaban J connectivity index is 1.92. The number of carbonyl (C=O) groups excluding carboxylic acids is 3. The second kappa shape index (κ2) is 6.89. The number of esters is 1. The van der Waals surface area contributed by atoms with Gasteiger partial charge in [-0.3, -0.25) is 19.3 Å². The molecule has 0 spiro atoms. The molecule has 1 aromatic rings. The molecule has 0 atom stereocenters. The van der Waals surface area contributed by atoms with Gasteiger partial charge < -0.3 is 10.1 Å². The van der Waals surface area contributed by atoms with Gasteiger partial charge in [0.05, 0.1) is 13.7 Å². The fourth-order valence-corrected chi connectivity index (χ4v) is 2.15. The van der Waals surface area contributed by atoms with E-state index in [2.05, 4.69) is 10.1 Å². The van der Waals surface area contributed by atoms with E-state index in [1.54, 1.807) is 0 Å². The van der Waals surface area contributed by atoms with E-state index < -0.39 is 0 Å². The summed E-state index contributed by atoms with van der Waals surface area (Å²) in [5.74, 6) is -0.804. The number of methoxy groups -OCH3 is 1. The summed E-state index contributed by atoms with van der Waals surface area (Å²) in [5, 5.41) is 3.11. The standard InChI is InChI=1S/C16H18N2O4/c1-11(19)18-10-14(9-15(18)20)17-13-6-3-12(4-7-13)5-8-16(21)22-2/h3-4,6-7,9,17H,5,8,10H2,1-2H3. The summed E-state index contributed by atoms with van der Waals surface area (Å²) >= 11 is 0. The van der Waals surface area contributed by atoms with Crippen LogP contribution in [-0.2, 0) is 25.5 Å². The van der Waals surface area contributed by atoms with E-state index in [9.17, 15) is 14.4 Å². The van der Waals surface area contributed by atoms with Crippen LogP contribution in [0.4, 0.5) is 5.69 Å². The molecular weight excluding hydrogens is 284 g/mol. The van der Waals surface area contributed by atoms with Crippen LogP contribution in [0.25, 0.3) is 0 Å². The van der Waals surface area contributed by atoms with Crippen LogP contribution in [0.3, 0.4) is 0 Å². The molecular formula is C16H18N2O4. The molecule has 2 rings (SSSR count). The van der Waals surface area contributed by atoms with Gasteiger partial charge in [-0.15, -0.1) is 0 Å². The molecule has 0 unspecified atom stereocenters. The summed E-state index contributed by atoms with van der Waals surface area (Å²) in [5.41, 5.74) is 2.53. The number of hydrogen-bond donors (Lipinski definition) is 1. The number of amides is 2. The van der Waals surface area contributed by atoms with Crippen molar-refractivity contribution in [3.8, 4) is 0 Å². The van der Waals surface area contributed by atoms with Crippen molar-refractivity contribution in [3.05, 3.63) is 41.6 Å². The van der Waals surface area contributed by atoms with E-state index in [1.807, 2.05) is 24.3 Å². The van der Waals surface area contributed by atoms with E-state index in [0.29, 0.717) is 18.5 Å². The summed E-state index contributed by atoms with van der Waals surface area (Å²) < 4.78 is 4.60. The molecule has 6 heteroatoms. The molecule has 0 aliphatic carbocycles. The monoisotopic (exact) mass is 302 g/mol. The number of carbonyl (C=O) groups is 3. The minimum Gasteiger partial charge on any atom is -0.469 e. The summed E-state index contributed by atoms with van der Waals surface area (Å²) in [7, 11) is 1.37. The maximum absolute atomic E-state index is 11.6. The molecule has 22 heavy (non-hydrogen) atoms. The maximum Gasteiger partial charge on any atom is 0.305 e. The lowest BCUT2D eigenvalue weighted by molar-refractivity contribution is -0.141. The van der Waals surface area contributed by atoms with Crippen molar-refractivity contribution in [3.63, 3.8) is 0 Å². The van der Waals surface area contributed by atoms with Crippen LogP contribution < -0.4 is 5.32 Å². The van der Waals surface area contributed by atoms with Crippen molar-refractivity contribution in [2.45, 2.75) is 19.8 Å². The van der Waals surface area contributed by atoms with Gasteiger partial charge in [-0.2, -0.15) is 0 Å². The van der Waals surface area contributed by atoms with E-state index in [0.717, 1.165) is 11.3 Å². The largest absolute Gasteiger partial charge is 0.469 e. The Morgan fingerprint density at radius 1 is 1.27 bits per heavy atom. The molecule has 1 aromatic carbocycles. The normalized spacial score (nSPS) is 13.8. The third-order valence-corrected chi connectivity index (χ3v) is 3.38. The maximum atomic E-state index is 11.6. The molecule has 0 aromatic heterocycles. The minimum absolute atomic E-state index is 0.235. The average molecular weight is 302 g/mol. The van der Waals surface area contributed by atoms with Gasteiger partial charge in [0.25, 0.3) is 5.91 Å². The number of hydrogen-bond acceptors (Lipinski definition) is 5. The van der Waals surface area contributed by atoms with Gasteiger partial charge >= 0.3 is 5.97 Å². The number of anilines is 1. The topological polar surface area (TPSA) is 75.7 Å². The molecule has 1 heterocycles. The molecule has 0 saturated heterocycles. The van der Waals surface area contributed by atoms with Gasteiger partial charge in [0.1, 0.15) is 0 Å². The van der Waals surface area contributed by atoms with Crippen LogP contribution >= 0.6 is 0 Å². The number of ether oxygens (including phenoxy) is 1.